The Kier molecular flexibility index (Phi) is 3.21. The Bertz CT molecular complexity index is 454. The molecule has 1 saturated carbocycles. The number of allylic oxidation sites excluding steroid dienone is 2. The van der Waals surface area contributed by atoms with E-state index in [-0.39, 0.29) is 11.9 Å². The fraction of sp³-hybridized carbons (Fsp3) is 0.500. The number of hydrogen-bond donors (Lipinski definition) is 1. The zero-order valence-electron chi connectivity index (χ0n) is 10.8. The van der Waals surface area contributed by atoms with Gasteiger partial charge in [-0.25, -0.2) is 4.39 Å². The molecule has 0 aromatic heterocycles. The van der Waals surface area contributed by atoms with Crippen LogP contribution in [-0.4, -0.2) is 6.54 Å². The van der Waals surface area contributed by atoms with E-state index in [0.29, 0.717) is 0 Å². The van der Waals surface area contributed by atoms with E-state index in [0.717, 1.165) is 29.9 Å². The summed E-state index contributed by atoms with van der Waals surface area (Å²) in [5.41, 5.74) is 1.04. The van der Waals surface area contributed by atoms with E-state index in [1.165, 1.54) is 18.9 Å². The van der Waals surface area contributed by atoms with Gasteiger partial charge in [-0.3, -0.25) is 0 Å². The second-order valence-corrected chi connectivity index (χ2v) is 5.73. The first kappa shape index (κ1) is 11.9. The molecule has 1 aromatic carbocycles. The van der Waals surface area contributed by atoms with Crippen molar-refractivity contribution in [2.45, 2.75) is 25.8 Å². The number of rotatable bonds is 4. The summed E-state index contributed by atoms with van der Waals surface area (Å²) in [4.78, 5) is 0. The second-order valence-electron chi connectivity index (χ2n) is 5.73. The highest BCUT2D eigenvalue weighted by Gasteiger charge is 2.35. The van der Waals surface area contributed by atoms with Crippen molar-refractivity contribution in [3.8, 4) is 0 Å². The van der Waals surface area contributed by atoms with Crippen molar-refractivity contribution in [2.75, 3.05) is 6.54 Å². The van der Waals surface area contributed by atoms with Gasteiger partial charge in [-0.2, -0.15) is 0 Å². The van der Waals surface area contributed by atoms with Crippen LogP contribution in [0, 0.1) is 23.6 Å². The van der Waals surface area contributed by atoms with Gasteiger partial charge in [-0.1, -0.05) is 24.3 Å². The van der Waals surface area contributed by atoms with E-state index < -0.39 is 0 Å². The van der Waals surface area contributed by atoms with Gasteiger partial charge in [0.05, 0.1) is 0 Å². The van der Waals surface area contributed by atoms with Crippen LogP contribution in [0.3, 0.4) is 0 Å². The first-order chi connectivity index (χ1) is 8.72. The van der Waals surface area contributed by atoms with Crippen LogP contribution >= 0.6 is 0 Å². The molecule has 0 radical (unpaired) electrons. The van der Waals surface area contributed by atoms with Gasteiger partial charge in [0.25, 0.3) is 0 Å². The molecule has 0 saturated heterocycles. The van der Waals surface area contributed by atoms with Crippen molar-refractivity contribution in [3.63, 3.8) is 0 Å². The lowest BCUT2D eigenvalue weighted by Gasteiger charge is -2.22. The molecular formula is C16H20FN. The second kappa shape index (κ2) is 4.85. The van der Waals surface area contributed by atoms with Gasteiger partial charge in [0.1, 0.15) is 5.82 Å². The Morgan fingerprint density at radius 2 is 2.22 bits per heavy atom. The van der Waals surface area contributed by atoms with Gasteiger partial charge in [-0.05, 0) is 61.8 Å². The van der Waals surface area contributed by atoms with Crippen LogP contribution in [0.25, 0.3) is 0 Å². The summed E-state index contributed by atoms with van der Waals surface area (Å²) in [5, 5.41) is 3.55. The van der Waals surface area contributed by atoms with Gasteiger partial charge in [-0.15, -0.1) is 0 Å². The highest BCUT2D eigenvalue weighted by atomic mass is 19.1. The maximum absolute atomic E-state index is 13.2. The van der Waals surface area contributed by atoms with Gasteiger partial charge in [0.15, 0.2) is 0 Å². The predicted molar refractivity (Wildman–Crippen MR) is 71.7 cm³/mol. The summed E-state index contributed by atoms with van der Waals surface area (Å²) in [5.74, 6) is 2.23. The molecular weight excluding hydrogens is 225 g/mol. The molecule has 2 bridgehead atoms. The quantitative estimate of drug-likeness (QED) is 0.798. The summed E-state index contributed by atoms with van der Waals surface area (Å²) < 4.78 is 13.2. The zero-order chi connectivity index (χ0) is 12.5. The molecule has 2 heteroatoms. The maximum Gasteiger partial charge on any atom is 0.123 e. The molecule has 4 unspecified atom stereocenters. The third-order valence-corrected chi connectivity index (χ3v) is 4.45. The number of halogens is 1. The van der Waals surface area contributed by atoms with E-state index in [9.17, 15) is 4.39 Å². The van der Waals surface area contributed by atoms with Gasteiger partial charge in [0, 0.05) is 6.04 Å². The lowest BCUT2D eigenvalue weighted by Crippen LogP contribution is -2.27. The summed E-state index contributed by atoms with van der Waals surface area (Å²) in [6.07, 6.45) is 7.43. The lowest BCUT2D eigenvalue weighted by molar-refractivity contribution is 0.393. The summed E-state index contributed by atoms with van der Waals surface area (Å²) in [7, 11) is 0. The van der Waals surface area contributed by atoms with Crippen molar-refractivity contribution in [2.24, 2.45) is 17.8 Å². The van der Waals surface area contributed by atoms with E-state index in [1.54, 1.807) is 12.1 Å². The summed E-state index contributed by atoms with van der Waals surface area (Å²) in [6, 6.07) is 7.11. The third kappa shape index (κ3) is 2.35. The molecule has 0 heterocycles. The Morgan fingerprint density at radius 1 is 1.33 bits per heavy atom. The lowest BCUT2D eigenvalue weighted by atomic mass is 9.93. The monoisotopic (exact) mass is 245 g/mol. The topological polar surface area (TPSA) is 12.0 Å². The standard InChI is InChI=1S/C16H20FN/c1-11(13-3-2-4-16(17)9-13)18-10-15-8-12-5-6-14(15)7-12/h2-6,9,11-12,14-15,18H,7-8,10H2,1H3. The van der Waals surface area contributed by atoms with Crippen molar-refractivity contribution in [1.29, 1.82) is 0 Å². The van der Waals surface area contributed by atoms with Crippen LogP contribution in [0.15, 0.2) is 36.4 Å². The minimum absolute atomic E-state index is 0.149. The molecule has 3 rings (SSSR count). The molecule has 96 valence electrons. The van der Waals surface area contributed by atoms with E-state index in [2.05, 4.69) is 24.4 Å². The van der Waals surface area contributed by atoms with Crippen molar-refractivity contribution in [3.05, 3.63) is 47.8 Å². The number of nitrogens with one attached hydrogen (secondary N) is 1. The largest absolute Gasteiger partial charge is 0.310 e. The number of benzene rings is 1. The van der Waals surface area contributed by atoms with Crippen molar-refractivity contribution in [1.82, 2.24) is 5.32 Å². The SMILES string of the molecule is CC(NCC1CC2C=CC1C2)c1cccc(F)c1. The molecule has 18 heavy (non-hydrogen) atoms. The smallest absolute Gasteiger partial charge is 0.123 e. The molecule has 1 N–H and O–H groups in total. The van der Waals surface area contributed by atoms with Crippen LogP contribution in [0.2, 0.25) is 0 Å². The minimum Gasteiger partial charge on any atom is -0.310 e. The van der Waals surface area contributed by atoms with E-state index in [4.69, 9.17) is 0 Å². The van der Waals surface area contributed by atoms with Gasteiger partial charge >= 0.3 is 0 Å². The first-order valence-electron chi connectivity index (χ1n) is 6.89. The fourth-order valence-electron chi connectivity index (χ4n) is 3.35. The Labute approximate surface area is 108 Å². The Hall–Kier alpha value is -1.15. The first-order valence-corrected chi connectivity index (χ1v) is 6.89. The summed E-state index contributed by atoms with van der Waals surface area (Å²) >= 11 is 0. The number of fused-ring (bicyclic) bond motifs is 2. The minimum atomic E-state index is -0.149. The average molecular weight is 245 g/mol. The predicted octanol–water partition coefficient (Wildman–Crippen LogP) is 3.69. The molecule has 4 atom stereocenters. The van der Waals surface area contributed by atoms with Gasteiger partial charge < -0.3 is 5.32 Å². The van der Waals surface area contributed by atoms with Crippen LogP contribution in [0.5, 0.6) is 0 Å². The molecule has 2 aliphatic carbocycles. The van der Waals surface area contributed by atoms with E-state index >= 15 is 0 Å². The van der Waals surface area contributed by atoms with Crippen LogP contribution in [0.4, 0.5) is 4.39 Å². The highest BCUT2D eigenvalue weighted by molar-refractivity contribution is 5.19. The molecule has 1 nitrogen and oxygen atoms in total. The Morgan fingerprint density at radius 3 is 2.89 bits per heavy atom. The number of hydrogen-bond acceptors (Lipinski definition) is 1. The van der Waals surface area contributed by atoms with Gasteiger partial charge in [0.2, 0.25) is 0 Å². The zero-order valence-corrected chi connectivity index (χ0v) is 10.8. The highest BCUT2D eigenvalue weighted by Crippen LogP contribution is 2.43. The van der Waals surface area contributed by atoms with Crippen LogP contribution in [0.1, 0.15) is 31.4 Å². The van der Waals surface area contributed by atoms with E-state index in [1.807, 2.05) is 6.07 Å². The van der Waals surface area contributed by atoms with Crippen molar-refractivity contribution >= 4 is 0 Å². The molecule has 2 aliphatic rings. The normalized spacial score (nSPS) is 30.9. The molecule has 0 spiro atoms. The molecule has 0 amide bonds. The molecule has 1 fully saturated rings. The maximum atomic E-state index is 13.2. The molecule has 0 aliphatic heterocycles. The molecule has 1 aromatic rings. The average Bonchev–Trinajstić information content (AvgIpc) is 2.98. The third-order valence-electron chi connectivity index (χ3n) is 4.45. The Balaban J connectivity index is 1.55. The fourth-order valence-corrected chi connectivity index (χ4v) is 3.35. The summed E-state index contributed by atoms with van der Waals surface area (Å²) in [6.45, 7) is 3.15. The van der Waals surface area contributed by atoms with Crippen LogP contribution in [-0.2, 0) is 0 Å². The van der Waals surface area contributed by atoms with Crippen molar-refractivity contribution < 1.29 is 4.39 Å². The van der Waals surface area contributed by atoms with Crippen LogP contribution < -0.4 is 5.32 Å².